The van der Waals surface area contributed by atoms with Crippen molar-refractivity contribution in [3.05, 3.63) is 34.9 Å². The zero-order valence-electron chi connectivity index (χ0n) is 10.6. The molecule has 0 spiro atoms. The highest BCUT2D eigenvalue weighted by molar-refractivity contribution is 5.79. The third kappa shape index (κ3) is 2.27. The molecule has 1 aliphatic carbocycles. The Balaban J connectivity index is 1.67. The zero-order valence-corrected chi connectivity index (χ0v) is 10.6. The molecular weight excluding hydrogens is 226 g/mol. The molecule has 1 aliphatic heterocycles. The van der Waals surface area contributed by atoms with Crippen LogP contribution in [0.25, 0.3) is 0 Å². The number of likely N-dealkylation sites (tertiary alicyclic amines) is 1. The third-order valence-corrected chi connectivity index (χ3v) is 3.98. The molecule has 18 heavy (non-hydrogen) atoms. The van der Waals surface area contributed by atoms with Crippen LogP contribution in [0.4, 0.5) is 0 Å². The summed E-state index contributed by atoms with van der Waals surface area (Å²) in [6, 6.07) is 6.46. The summed E-state index contributed by atoms with van der Waals surface area (Å²) in [5, 5.41) is 9.20. The number of nitrogens with zero attached hydrogens (tertiary/aromatic N) is 1. The van der Waals surface area contributed by atoms with Gasteiger partial charge in [0.1, 0.15) is 0 Å². The molecule has 1 saturated heterocycles. The average Bonchev–Trinajstić information content (AvgIpc) is 2.35. The minimum absolute atomic E-state index is 0.135. The Labute approximate surface area is 107 Å². The van der Waals surface area contributed by atoms with Gasteiger partial charge in [0.15, 0.2) is 0 Å². The van der Waals surface area contributed by atoms with E-state index in [1.807, 2.05) is 0 Å². The van der Waals surface area contributed by atoms with Gasteiger partial charge in [-0.25, -0.2) is 0 Å². The lowest BCUT2D eigenvalue weighted by Crippen LogP contribution is -2.53. The standard InChI is InChI=1S/C15H19NO2/c17-14-9-16(10-14)15(18)8-11-5-6-12-3-1-2-4-13(12)7-11/h5-7,14,17H,1-4,8-10H2. The van der Waals surface area contributed by atoms with Gasteiger partial charge in [-0.2, -0.15) is 0 Å². The first kappa shape index (κ1) is 11.7. The minimum atomic E-state index is -0.308. The number of rotatable bonds is 2. The maximum absolute atomic E-state index is 11.9. The van der Waals surface area contributed by atoms with Crippen LogP contribution in [0, 0.1) is 0 Å². The van der Waals surface area contributed by atoms with Gasteiger partial charge < -0.3 is 10.0 Å². The van der Waals surface area contributed by atoms with Gasteiger partial charge >= 0.3 is 0 Å². The predicted molar refractivity (Wildman–Crippen MR) is 69.4 cm³/mol. The smallest absolute Gasteiger partial charge is 0.227 e. The summed E-state index contributed by atoms with van der Waals surface area (Å²) in [6.07, 6.45) is 5.05. The quantitative estimate of drug-likeness (QED) is 0.853. The summed E-state index contributed by atoms with van der Waals surface area (Å²) in [5.41, 5.74) is 3.99. The van der Waals surface area contributed by atoms with Gasteiger partial charge in [-0.05, 0) is 42.4 Å². The summed E-state index contributed by atoms with van der Waals surface area (Å²) in [5.74, 6) is 0.135. The number of carbonyl (C=O) groups is 1. The normalized spacial score (nSPS) is 19.3. The lowest BCUT2D eigenvalue weighted by molar-refractivity contribution is -0.140. The van der Waals surface area contributed by atoms with Crippen LogP contribution < -0.4 is 0 Å². The molecule has 1 amide bonds. The number of fused-ring (bicyclic) bond motifs is 1. The molecule has 0 aromatic heterocycles. The Hall–Kier alpha value is -1.35. The SMILES string of the molecule is O=C(Cc1ccc2c(c1)CCCC2)N1CC(O)C1. The van der Waals surface area contributed by atoms with E-state index in [0.29, 0.717) is 19.5 Å². The van der Waals surface area contributed by atoms with E-state index in [1.54, 1.807) is 4.90 Å². The van der Waals surface area contributed by atoms with Gasteiger partial charge in [0, 0.05) is 13.1 Å². The monoisotopic (exact) mass is 245 g/mol. The van der Waals surface area contributed by atoms with E-state index in [1.165, 1.54) is 30.4 Å². The summed E-state index contributed by atoms with van der Waals surface area (Å²) in [4.78, 5) is 13.6. The van der Waals surface area contributed by atoms with Gasteiger partial charge in [-0.1, -0.05) is 18.2 Å². The number of aliphatic hydroxyl groups is 1. The molecular formula is C15H19NO2. The first-order valence-corrected chi connectivity index (χ1v) is 6.79. The van der Waals surface area contributed by atoms with Gasteiger partial charge in [0.2, 0.25) is 5.91 Å². The van der Waals surface area contributed by atoms with E-state index in [4.69, 9.17) is 0 Å². The number of hydrogen-bond acceptors (Lipinski definition) is 2. The van der Waals surface area contributed by atoms with Crippen molar-refractivity contribution in [2.75, 3.05) is 13.1 Å². The average molecular weight is 245 g/mol. The van der Waals surface area contributed by atoms with E-state index in [-0.39, 0.29) is 12.0 Å². The van der Waals surface area contributed by atoms with Crippen molar-refractivity contribution in [2.45, 2.75) is 38.2 Å². The highest BCUT2D eigenvalue weighted by Crippen LogP contribution is 2.23. The fourth-order valence-electron chi connectivity index (χ4n) is 2.84. The number of β-amino-alcohol motifs (C(OH)–C–C–N with tert-alkyl or cyclic N) is 1. The van der Waals surface area contributed by atoms with E-state index < -0.39 is 0 Å². The van der Waals surface area contributed by atoms with Crippen molar-refractivity contribution in [3.63, 3.8) is 0 Å². The van der Waals surface area contributed by atoms with Gasteiger partial charge in [0.25, 0.3) is 0 Å². The van der Waals surface area contributed by atoms with Crippen molar-refractivity contribution in [2.24, 2.45) is 0 Å². The lowest BCUT2D eigenvalue weighted by Gasteiger charge is -2.36. The molecule has 3 heteroatoms. The van der Waals surface area contributed by atoms with Crippen molar-refractivity contribution in [1.29, 1.82) is 0 Å². The molecule has 1 N–H and O–H groups in total. The van der Waals surface area contributed by atoms with Crippen molar-refractivity contribution < 1.29 is 9.90 Å². The maximum atomic E-state index is 11.9. The van der Waals surface area contributed by atoms with Gasteiger partial charge in [0.05, 0.1) is 12.5 Å². The largest absolute Gasteiger partial charge is 0.389 e. The molecule has 1 aromatic carbocycles. The Kier molecular flexibility index (Phi) is 3.08. The third-order valence-electron chi connectivity index (χ3n) is 3.98. The number of aryl methyl sites for hydroxylation is 2. The van der Waals surface area contributed by atoms with Crippen molar-refractivity contribution in [1.82, 2.24) is 4.90 Å². The second-order valence-corrected chi connectivity index (χ2v) is 5.44. The van der Waals surface area contributed by atoms with Crippen LogP contribution in [0.1, 0.15) is 29.5 Å². The van der Waals surface area contributed by atoms with Crippen LogP contribution in [-0.2, 0) is 24.1 Å². The van der Waals surface area contributed by atoms with Gasteiger partial charge in [-0.3, -0.25) is 4.79 Å². The topological polar surface area (TPSA) is 40.5 Å². The molecule has 3 nitrogen and oxygen atoms in total. The molecule has 1 fully saturated rings. The van der Waals surface area contributed by atoms with Crippen LogP contribution in [0.15, 0.2) is 18.2 Å². The zero-order chi connectivity index (χ0) is 12.5. The number of carbonyl (C=O) groups excluding carboxylic acids is 1. The molecule has 1 heterocycles. The Morgan fingerprint density at radius 2 is 1.94 bits per heavy atom. The molecule has 3 rings (SSSR count). The Bertz CT molecular complexity index is 464. The molecule has 0 bridgehead atoms. The number of benzene rings is 1. The van der Waals surface area contributed by atoms with E-state index in [2.05, 4.69) is 18.2 Å². The Morgan fingerprint density at radius 1 is 1.22 bits per heavy atom. The maximum Gasteiger partial charge on any atom is 0.227 e. The van der Waals surface area contributed by atoms with Crippen LogP contribution in [0.2, 0.25) is 0 Å². The first-order valence-electron chi connectivity index (χ1n) is 6.79. The number of aliphatic hydroxyl groups excluding tert-OH is 1. The van der Waals surface area contributed by atoms with Gasteiger partial charge in [-0.15, -0.1) is 0 Å². The second-order valence-electron chi connectivity index (χ2n) is 5.44. The van der Waals surface area contributed by atoms with Crippen molar-refractivity contribution >= 4 is 5.91 Å². The summed E-state index contributed by atoms with van der Waals surface area (Å²) >= 11 is 0. The molecule has 1 aromatic rings. The molecule has 0 atom stereocenters. The first-order chi connectivity index (χ1) is 8.72. The fraction of sp³-hybridized carbons (Fsp3) is 0.533. The number of hydrogen-bond donors (Lipinski definition) is 1. The summed E-state index contributed by atoms with van der Waals surface area (Å²) < 4.78 is 0. The van der Waals surface area contributed by atoms with Crippen LogP contribution >= 0.6 is 0 Å². The number of amides is 1. The Morgan fingerprint density at radius 3 is 2.67 bits per heavy atom. The molecule has 96 valence electrons. The minimum Gasteiger partial charge on any atom is -0.389 e. The highest BCUT2D eigenvalue weighted by Gasteiger charge is 2.28. The summed E-state index contributed by atoms with van der Waals surface area (Å²) in [7, 11) is 0. The highest BCUT2D eigenvalue weighted by atomic mass is 16.3. The molecule has 0 saturated carbocycles. The molecule has 2 aliphatic rings. The van der Waals surface area contributed by atoms with Crippen LogP contribution in [-0.4, -0.2) is 35.1 Å². The lowest BCUT2D eigenvalue weighted by atomic mass is 9.90. The van der Waals surface area contributed by atoms with Crippen molar-refractivity contribution in [3.8, 4) is 0 Å². The van der Waals surface area contributed by atoms with Crippen LogP contribution in [0.3, 0.4) is 0 Å². The molecule has 0 radical (unpaired) electrons. The molecule has 0 unspecified atom stereocenters. The fourth-order valence-corrected chi connectivity index (χ4v) is 2.84. The summed E-state index contributed by atoms with van der Waals surface area (Å²) in [6.45, 7) is 1.01. The van der Waals surface area contributed by atoms with E-state index >= 15 is 0 Å². The van der Waals surface area contributed by atoms with Crippen LogP contribution in [0.5, 0.6) is 0 Å². The van der Waals surface area contributed by atoms with E-state index in [0.717, 1.165) is 12.0 Å². The predicted octanol–water partition coefficient (Wildman–Crippen LogP) is 1.31. The van der Waals surface area contributed by atoms with E-state index in [9.17, 15) is 9.90 Å². The second kappa shape index (κ2) is 4.73.